The highest BCUT2D eigenvalue weighted by atomic mass is 79.9. The standard InChI is InChI=1S/C14H16BrN3OS/c1-3-8-16-13-12(19-2)14(18-9-17-13)20-11-7-5-4-6-10(11)15/h4-7,9H,3,8H2,1-2H3,(H,16,17,18). The second-order valence-electron chi connectivity index (χ2n) is 4.02. The molecule has 0 amide bonds. The van der Waals surface area contributed by atoms with Gasteiger partial charge in [-0.25, -0.2) is 9.97 Å². The monoisotopic (exact) mass is 353 g/mol. The van der Waals surface area contributed by atoms with Crippen molar-refractivity contribution < 1.29 is 4.74 Å². The fourth-order valence-electron chi connectivity index (χ4n) is 1.62. The van der Waals surface area contributed by atoms with Crippen molar-refractivity contribution in [1.82, 2.24) is 9.97 Å². The molecule has 2 aromatic rings. The average molecular weight is 354 g/mol. The average Bonchev–Trinajstić information content (AvgIpc) is 2.47. The van der Waals surface area contributed by atoms with Crippen LogP contribution in [0.4, 0.5) is 5.82 Å². The molecule has 0 radical (unpaired) electrons. The molecule has 6 heteroatoms. The lowest BCUT2D eigenvalue weighted by Crippen LogP contribution is -2.05. The van der Waals surface area contributed by atoms with Gasteiger partial charge in [-0.05, 0) is 34.5 Å². The maximum absolute atomic E-state index is 5.46. The van der Waals surface area contributed by atoms with Crippen LogP contribution in [0.15, 0.2) is 45.0 Å². The van der Waals surface area contributed by atoms with Gasteiger partial charge in [0.15, 0.2) is 11.6 Å². The number of benzene rings is 1. The molecule has 0 aliphatic carbocycles. The van der Waals surface area contributed by atoms with Crippen LogP contribution >= 0.6 is 27.7 Å². The molecule has 1 aromatic heterocycles. The molecule has 2 rings (SSSR count). The fraction of sp³-hybridized carbons (Fsp3) is 0.286. The van der Waals surface area contributed by atoms with Gasteiger partial charge in [-0.15, -0.1) is 0 Å². The van der Waals surface area contributed by atoms with Gasteiger partial charge >= 0.3 is 0 Å². The van der Waals surface area contributed by atoms with E-state index in [-0.39, 0.29) is 0 Å². The summed E-state index contributed by atoms with van der Waals surface area (Å²) in [6.45, 7) is 2.96. The Hall–Kier alpha value is -1.27. The zero-order valence-corrected chi connectivity index (χ0v) is 13.8. The third-order valence-electron chi connectivity index (χ3n) is 2.56. The van der Waals surface area contributed by atoms with E-state index in [4.69, 9.17) is 4.74 Å². The molecule has 1 heterocycles. The van der Waals surface area contributed by atoms with Gasteiger partial charge in [0.1, 0.15) is 11.4 Å². The quantitative estimate of drug-likeness (QED) is 0.787. The number of hydrogen-bond acceptors (Lipinski definition) is 5. The first kappa shape index (κ1) is 15.1. The van der Waals surface area contributed by atoms with Crippen LogP contribution in [-0.4, -0.2) is 23.6 Å². The van der Waals surface area contributed by atoms with Crippen molar-refractivity contribution >= 4 is 33.5 Å². The highest BCUT2D eigenvalue weighted by Crippen LogP contribution is 2.39. The second kappa shape index (κ2) is 7.50. The maximum Gasteiger partial charge on any atom is 0.194 e. The van der Waals surface area contributed by atoms with Crippen LogP contribution < -0.4 is 10.1 Å². The van der Waals surface area contributed by atoms with Gasteiger partial charge < -0.3 is 10.1 Å². The second-order valence-corrected chi connectivity index (χ2v) is 5.90. The van der Waals surface area contributed by atoms with Gasteiger partial charge in [0.2, 0.25) is 0 Å². The summed E-state index contributed by atoms with van der Waals surface area (Å²) >= 11 is 5.09. The smallest absolute Gasteiger partial charge is 0.194 e. The third-order valence-corrected chi connectivity index (χ3v) is 4.58. The minimum absolute atomic E-state index is 0.682. The van der Waals surface area contributed by atoms with Crippen molar-refractivity contribution in [3.63, 3.8) is 0 Å². The molecule has 0 spiro atoms. The zero-order valence-electron chi connectivity index (χ0n) is 11.4. The Labute approximate surface area is 131 Å². The summed E-state index contributed by atoms with van der Waals surface area (Å²) in [5.41, 5.74) is 0. The van der Waals surface area contributed by atoms with Crippen molar-refractivity contribution in [2.75, 3.05) is 19.0 Å². The van der Waals surface area contributed by atoms with Crippen LogP contribution in [0, 0.1) is 0 Å². The van der Waals surface area contributed by atoms with Crippen molar-refractivity contribution in [1.29, 1.82) is 0 Å². The summed E-state index contributed by atoms with van der Waals surface area (Å²) in [7, 11) is 1.64. The molecule has 0 saturated heterocycles. The molecule has 0 aliphatic rings. The largest absolute Gasteiger partial charge is 0.490 e. The highest BCUT2D eigenvalue weighted by Gasteiger charge is 2.14. The minimum Gasteiger partial charge on any atom is -0.490 e. The summed E-state index contributed by atoms with van der Waals surface area (Å²) < 4.78 is 6.50. The Morgan fingerprint density at radius 2 is 2.10 bits per heavy atom. The van der Waals surface area contributed by atoms with E-state index >= 15 is 0 Å². The number of methoxy groups -OCH3 is 1. The molecular weight excluding hydrogens is 338 g/mol. The highest BCUT2D eigenvalue weighted by molar-refractivity contribution is 9.10. The Bertz CT molecular complexity index is 580. The first-order valence-electron chi connectivity index (χ1n) is 6.31. The molecule has 1 N–H and O–H groups in total. The van der Waals surface area contributed by atoms with E-state index in [9.17, 15) is 0 Å². The molecule has 106 valence electrons. The van der Waals surface area contributed by atoms with E-state index < -0.39 is 0 Å². The topological polar surface area (TPSA) is 47.0 Å². The first-order chi connectivity index (χ1) is 9.76. The number of halogens is 1. The number of anilines is 1. The summed E-state index contributed by atoms with van der Waals surface area (Å²) in [4.78, 5) is 9.65. The first-order valence-corrected chi connectivity index (χ1v) is 7.92. The van der Waals surface area contributed by atoms with Gasteiger partial charge in [0, 0.05) is 15.9 Å². The lowest BCUT2D eigenvalue weighted by atomic mass is 10.4. The predicted octanol–water partition coefficient (Wildman–Crippen LogP) is 4.22. The molecule has 0 saturated carbocycles. The minimum atomic E-state index is 0.682. The molecule has 0 unspecified atom stereocenters. The van der Waals surface area contributed by atoms with E-state index in [2.05, 4.69) is 38.1 Å². The lowest BCUT2D eigenvalue weighted by Gasteiger charge is -2.12. The lowest BCUT2D eigenvalue weighted by molar-refractivity contribution is 0.400. The number of aromatic nitrogens is 2. The van der Waals surface area contributed by atoms with Crippen LogP contribution in [-0.2, 0) is 0 Å². The molecule has 4 nitrogen and oxygen atoms in total. The van der Waals surface area contributed by atoms with E-state index in [0.717, 1.165) is 33.2 Å². The van der Waals surface area contributed by atoms with Gasteiger partial charge in [0.05, 0.1) is 7.11 Å². The van der Waals surface area contributed by atoms with Crippen LogP contribution in [0.1, 0.15) is 13.3 Å². The van der Waals surface area contributed by atoms with Crippen LogP contribution in [0.5, 0.6) is 5.75 Å². The molecule has 0 fully saturated rings. The van der Waals surface area contributed by atoms with Gasteiger partial charge in [-0.1, -0.05) is 30.8 Å². The predicted molar refractivity (Wildman–Crippen MR) is 85.6 cm³/mol. The number of rotatable bonds is 6. The van der Waals surface area contributed by atoms with E-state index in [1.165, 1.54) is 0 Å². The van der Waals surface area contributed by atoms with Crippen molar-refractivity contribution in [2.45, 2.75) is 23.3 Å². The van der Waals surface area contributed by atoms with Gasteiger partial charge in [0.25, 0.3) is 0 Å². The number of hydrogen-bond donors (Lipinski definition) is 1. The van der Waals surface area contributed by atoms with Crippen LogP contribution in [0.25, 0.3) is 0 Å². The Balaban J connectivity index is 2.29. The normalized spacial score (nSPS) is 10.3. The van der Waals surface area contributed by atoms with E-state index in [1.54, 1.807) is 25.2 Å². The molecule has 20 heavy (non-hydrogen) atoms. The summed E-state index contributed by atoms with van der Waals surface area (Å²) in [6, 6.07) is 8.03. The fourth-order valence-corrected chi connectivity index (χ4v) is 3.04. The molecular formula is C14H16BrN3OS. The summed E-state index contributed by atoms with van der Waals surface area (Å²) in [6.07, 6.45) is 2.58. The molecule has 0 atom stereocenters. The maximum atomic E-state index is 5.46. The molecule has 0 bridgehead atoms. The van der Waals surface area contributed by atoms with Crippen LogP contribution in [0.2, 0.25) is 0 Å². The SMILES string of the molecule is CCCNc1ncnc(Sc2ccccc2Br)c1OC. The van der Waals surface area contributed by atoms with Gasteiger partial charge in [-0.3, -0.25) is 0 Å². The molecule has 1 aromatic carbocycles. The zero-order chi connectivity index (χ0) is 14.4. The Morgan fingerprint density at radius 1 is 1.30 bits per heavy atom. The van der Waals surface area contributed by atoms with E-state index in [0.29, 0.717) is 5.75 Å². The van der Waals surface area contributed by atoms with Crippen molar-refractivity contribution in [3.05, 3.63) is 35.1 Å². The number of nitrogens with one attached hydrogen (secondary N) is 1. The summed E-state index contributed by atoms with van der Waals surface area (Å²) in [5, 5.41) is 4.05. The van der Waals surface area contributed by atoms with E-state index in [1.807, 2.05) is 24.3 Å². The summed E-state index contributed by atoms with van der Waals surface area (Å²) in [5.74, 6) is 1.42. The van der Waals surface area contributed by atoms with Gasteiger partial charge in [-0.2, -0.15) is 0 Å². The Morgan fingerprint density at radius 3 is 2.80 bits per heavy atom. The number of ether oxygens (including phenoxy) is 1. The molecule has 0 aliphatic heterocycles. The van der Waals surface area contributed by atoms with Crippen molar-refractivity contribution in [2.24, 2.45) is 0 Å². The third kappa shape index (κ3) is 3.64. The number of nitrogens with zero attached hydrogens (tertiary/aromatic N) is 2. The Kier molecular flexibility index (Phi) is 5.67. The van der Waals surface area contributed by atoms with Crippen molar-refractivity contribution in [3.8, 4) is 5.75 Å². The van der Waals surface area contributed by atoms with Crippen LogP contribution in [0.3, 0.4) is 0 Å².